The Morgan fingerprint density at radius 2 is 1.86 bits per heavy atom. The van der Waals surface area contributed by atoms with Gasteiger partial charge in [0.25, 0.3) is 0 Å². The van der Waals surface area contributed by atoms with Gasteiger partial charge in [0.1, 0.15) is 0 Å². The maximum absolute atomic E-state index is 11.9. The van der Waals surface area contributed by atoms with Crippen molar-refractivity contribution in [1.82, 2.24) is 9.62 Å². The van der Waals surface area contributed by atoms with Crippen molar-refractivity contribution in [2.24, 2.45) is 0 Å². The Hall–Kier alpha value is -1.40. The van der Waals surface area contributed by atoms with Crippen LogP contribution in [0.5, 0.6) is 0 Å². The first-order valence-corrected chi connectivity index (χ1v) is 8.87. The summed E-state index contributed by atoms with van der Waals surface area (Å²) in [6, 6.07) is 7.64. The largest absolute Gasteiger partial charge is 0.353 e. The summed E-state index contributed by atoms with van der Waals surface area (Å²) in [5.41, 5.74) is 1.97. The summed E-state index contributed by atoms with van der Waals surface area (Å²) >= 11 is 0. The summed E-state index contributed by atoms with van der Waals surface area (Å²) in [5.74, 6) is -0.276. The Balaban J connectivity index is 2.78. The second-order valence-electron chi connectivity index (χ2n) is 5.39. The van der Waals surface area contributed by atoms with Crippen LogP contribution in [0.25, 0.3) is 0 Å². The number of hydrogen-bond donors (Lipinski definition) is 1. The van der Waals surface area contributed by atoms with Gasteiger partial charge < -0.3 is 5.32 Å². The topological polar surface area (TPSA) is 66.5 Å². The van der Waals surface area contributed by atoms with E-state index in [0.717, 1.165) is 23.8 Å². The molecule has 5 nitrogen and oxygen atoms in total. The Morgan fingerprint density at radius 1 is 1.29 bits per heavy atom. The molecule has 6 heteroatoms. The first-order chi connectivity index (χ1) is 9.72. The quantitative estimate of drug-likeness (QED) is 0.833. The van der Waals surface area contributed by atoms with Crippen LogP contribution in [-0.4, -0.2) is 37.5 Å². The molecule has 1 aromatic carbocycles. The van der Waals surface area contributed by atoms with E-state index >= 15 is 0 Å². The Morgan fingerprint density at radius 3 is 2.33 bits per heavy atom. The lowest BCUT2D eigenvalue weighted by molar-refractivity contribution is -0.122. The Bertz CT molecular complexity index is 567. The summed E-state index contributed by atoms with van der Waals surface area (Å²) in [6.07, 6.45) is 1.93. The molecule has 118 valence electrons. The molecule has 0 heterocycles. The third-order valence-electron chi connectivity index (χ3n) is 3.29. The zero-order chi connectivity index (χ0) is 16.0. The van der Waals surface area contributed by atoms with Gasteiger partial charge in [-0.25, -0.2) is 8.42 Å². The number of benzene rings is 1. The smallest absolute Gasteiger partial charge is 0.235 e. The normalized spacial score (nSPS) is 13.2. The first kappa shape index (κ1) is 17.7. The van der Waals surface area contributed by atoms with Crippen LogP contribution >= 0.6 is 0 Å². The predicted molar refractivity (Wildman–Crippen MR) is 84.3 cm³/mol. The summed E-state index contributed by atoms with van der Waals surface area (Å²) in [7, 11) is -3.44. The van der Waals surface area contributed by atoms with E-state index in [2.05, 4.69) is 5.32 Å². The minimum atomic E-state index is -3.44. The van der Waals surface area contributed by atoms with E-state index in [1.54, 1.807) is 0 Å². The van der Waals surface area contributed by atoms with Gasteiger partial charge in [-0.05, 0) is 25.8 Å². The minimum Gasteiger partial charge on any atom is -0.353 e. The van der Waals surface area contributed by atoms with Gasteiger partial charge in [-0.3, -0.25) is 4.79 Å². The van der Waals surface area contributed by atoms with Crippen molar-refractivity contribution >= 4 is 15.9 Å². The van der Waals surface area contributed by atoms with Crippen LogP contribution in [0.3, 0.4) is 0 Å². The Kier molecular flexibility index (Phi) is 6.36. The number of sulfonamides is 1. The van der Waals surface area contributed by atoms with E-state index < -0.39 is 10.0 Å². The molecule has 0 bridgehead atoms. The molecule has 0 aliphatic heterocycles. The van der Waals surface area contributed by atoms with Crippen molar-refractivity contribution < 1.29 is 13.2 Å². The van der Waals surface area contributed by atoms with Gasteiger partial charge in [0.05, 0.1) is 12.8 Å². The third kappa shape index (κ3) is 6.27. The minimum absolute atomic E-state index is 0.0401. The van der Waals surface area contributed by atoms with Crippen molar-refractivity contribution in [3.8, 4) is 0 Å². The summed E-state index contributed by atoms with van der Waals surface area (Å²) in [5, 5.41) is 2.78. The number of amides is 1. The van der Waals surface area contributed by atoms with Crippen LogP contribution < -0.4 is 5.32 Å². The highest BCUT2D eigenvalue weighted by molar-refractivity contribution is 7.88. The lowest BCUT2D eigenvalue weighted by atomic mass is 10.1. The molecule has 1 rings (SSSR count). The number of nitrogens with one attached hydrogen (secondary N) is 1. The van der Waals surface area contributed by atoms with Crippen LogP contribution in [0, 0.1) is 6.92 Å². The van der Waals surface area contributed by atoms with Crippen LogP contribution in [0.1, 0.15) is 31.4 Å². The zero-order valence-electron chi connectivity index (χ0n) is 13.1. The second kappa shape index (κ2) is 7.56. The summed E-state index contributed by atoms with van der Waals surface area (Å²) in [4.78, 5) is 11.9. The molecule has 0 spiro atoms. The molecule has 1 atom stereocenters. The SMILES string of the molecule is CCC(C)NC(=O)CN(Cc1ccc(C)cc1)S(C)(=O)=O. The lowest BCUT2D eigenvalue weighted by Gasteiger charge is -2.21. The average molecular weight is 312 g/mol. The van der Waals surface area contributed by atoms with Crippen molar-refractivity contribution in [3.63, 3.8) is 0 Å². The fourth-order valence-electron chi connectivity index (χ4n) is 1.77. The number of aryl methyl sites for hydroxylation is 1. The van der Waals surface area contributed by atoms with Gasteiger partial charge in [0.2, 0.25) is 15.9 Å². The monoisotopic (exact) mass is 312 g/mol. The van der Waals surface area contributed by atoms with Crippen molar-refractivity contribution in [2.45, 2.75) is 39.8 Å². The maximum Gasteiger partial charge on any atom is 0.235 e. The highest BCUT2D eigenvalue weighted by Crippen LogP contribution is 2.09. The molecule has 0 aliphatic carbocycles. The molecule has 0 radical (unpaired) electrons. The van der Waals surface area contributed by atoms with E-state index in [-0.39, 0.29) is 25.0 Å². The number of carbonyl (C=O) groups excluding carboxylic acids is 1. The van der Waals surface area contributed by atoms with Gasteiger partial charge in [-0.15, -0.1) is 0 Å². The van der Waals surface area contributed by atoms with Gasteiger partial charge >= 0.3 is 0 Å². The highest BCUT2D eigenvalue weighted by atomic mass is 32.2. The molecule has 21 heavy (non-hydrogen) atoms. The third-order valence-corrected chi connectivity index (χ3v) is 4.48. The number of rotatable bonds is 7. The van der Waals surface area contributed by atoms with Gasteiger partial charge in [0, 0.05) is 12.6 Å². The fraction of sp³-hybridized carbons (Fsp3) is 0.533. The maximum atomic E-state index is 11.9. The van der Waals surface area contributed by atoms with E-state index in [0.29, 0.717) is 0 Å². The second-order valence-corrected chi connectivity index (χ2v) is 7.38. The average Bonchev–Trinajstić information content (AvgIpc) is 2.39. The standard InChI is InChI=1S/C15H24N2O3S/c1-5-13(3)16-15(18)11-17(21(4,19)20)10-14-8-6-12(2)7-9-14/h6-9,13H,5,10-11H2,1-4H3,(H,16,18). The highest BCUT2D eigenvalue weighted by Gasteiger charge is 2.21. The molecule has 0 fully saturated rings. The molecule has 0 aliphatic rings. The fourth-order valence-corrected chi connectivity index (χ4v) is 2.51. The first-order valence-electron chi connectivity index (χ1n) is 7.02. The summed E-state index contributed by atoms with van der Waals surface area (Å²) < 4.78 is 24.9. The van der Waals surface area contributed by atoms with E-state index in [1.807, 2.05) is 45.0 Å². The van der Waals surface area contributed by atoms with Crippen molar-refractivity contribution in [3.05, 3.63) is 35.4 Å². The molecular formula is C15H24N2O3S. The zero-order valence-corrected chi connectivity index (χ0v) is 13.9. The number of nitrogens with zero attached hydrogens (tertiary/aromatic N) is 1. The molecule has 0 aromatic heterocycles. The molecule has 1 N–H and O–H groups in total. The van der Waals surface area contributed by atoms with E-state index in [9.17, 15) is 13.2 Å². The lowest BCUT2D eigenvalue weighted by Crippen LogP contribution is -2.42. The molecule has 0 saturated heterocycles. The predicted octanol–water partition coefficient (Wildman–Crippen LogP) is 1.67. The van der Waals surface area contributed by atoms with Gasteiger partial charge in [0.15, 0.2) is 0 Å². The van der Waals surface area contributed by atoms with E-state index in [4.69, 9.17) is 0 Å². The van der Waals surface area contributed by atoms with Crippen LogP contribution in [-0.2, 0) is 21.4 Å². The molecule has 1 unspecified atom stereocenters. The van der Waals surface area contributed by atoms with Gasteiger partial charge in [-0.1, -0.05) is 36.8 Å². The van der Waals surface area contributed by atoms with Crippen molar-refractivity contribution in [2.75, 3.05) is 12.8 Å². The molecule has 1 aromatic rings. The van der Waals surface area contributed by atoms with Crippen LogP contribution in [0.15, 0.2) is 24.3 Å². The van der Waals surface area contributed by atoms with Crippen LogP contribution in [0.2, 0.25) is 0 Å². The summed E-state index contributed by atoms with van der Waals surface area (Å²) in [6.45, 7) is 5.87. The molecule has 1 amide bonds. The molecule has 0 saturated carbocycles. The van der Waals surface area contributed by atoms with Crippen molar-refractivity contribution in [1.29, 1.82) is 0 Å². The number of hydrogen-bond acceptors (Lipinski definition) is 3. The van der Waals surface area contributed by atoms with E-state index in [1.165, 1.54) is 4.31 Å². The van der Waals surface area contributed by atoms with Crippen LogP contribution in [0.4, 0.5) is 0 Å². The molecular weight excluding hydrogens is 288 g/mol. The number of carbonyl (C=O) groups is 1. The van der Waals surface area contributed by atoms with Gasteiger partial charge in [-0.2, -0.15) is 4.31 Å². The Labute approximate surface area is 127 Å².